The van der Waals surface area contributed by atoms with Crippen molar-refractivity contribution in [3.8, 4) is 0 Å². The molecule has 0 aromatic heterocycles. The van der Waals surface area contributed by atoms with E-state index in [0.717, 1.165) is 18.5 Å². The van der Waals surface area contributed by atoms with Crippen molar-refractivity contribution in [2.24, 2.45) is 0 Å². The Labute approximate surface area is 148 Å². The SMILES string of the molecule is CC(=O)c1ccc(NC(=O)C(C)Nc2cccc3c2CCCC3)cc1. The third kappa shape index (κ3) is 4.08. The van der Waals surface area contributed by atoms with E-state index in [-0.39, 0.29) is 17.7 Å². The molecule has 2 N–H and O–H groups in total. The van der Waals surface area contributed by atoms with E-state index in [1.807, 2.05) is 6.92 Å². The Hall–Kier alpha value is -2.62. The lowest BCUT2D eigenvalue weighted by atomic mass is 9.90. The van der Waals surface area contributed by atoms with E-state index in [2.05, 4.69) is 28.8 Å². The first kappa shape index (κ1) is 17.2. The fourth-order valence-corrected chi connectivity index (χ4v) is 3.25. The first-order valence-electron chi connectivity index (χ1n) is 8.84. The van der Waals surface area contributed by atoms with Crippen LogP contribution in [-0.2, 0) is 17.6 Å². The van der Waals surface area contributed by atoms with Gasteiger partial charge in [0, 0.05) is 16.9 Å². The Morgan fingerprint density at radius 1 is 1.00 bits per heavy atom. The lowest BCUT2D eigenvalue weighted by Gasteiger charge is -2.22. The van der Waals surface area contributed by atoms with Gasteiger partial charge in [-0.2, -0.15) is 0 Å². The Bertz CT molecular complexity index is 781. The third-order valence-electron chi connectivity index (χ3n) is 4.72. The predicted molar refractivity (Wildman–Crippen MR) is 101 cm³/mol. The second-order valence-electron chi connectivity index (χ2n) is 6.64. The lowest BCUT2D eigenvalue weighted by molar-refractivity contribution is -0.116. The number of nitrogens with one attached hydrogen (secondary N) is 2. The van der Waals surface area contributed by atoms with Crippen LogP contribution in [0.3, 0.4) is 0 Å². The monoisotopic (exact) mass is 336 g/mol. The largest absolute Gasteiger partial charge is 0.374 e. The molecule has 0 radical (unpaired) electrons. The minimum atomic E-state index is -0.346. The Kier molecular flexibility index (Phi) is 5.17. The van der Waals surface area contributed by atoms with Crippen molar-refractivity contribution >= 4 is 23.1 Å². The van der Waals surface area contributed by atoms with Gasteiger partial charge in [0.25, 0.3) is 0 Å². The van der Waals surface area contributed by atoms with E-state index in [9.17, 15) is 9.59 Å². The van der Waals surface area contributed by atoms with Crippen LogP contribution in [0.4, 0.5) is 11.4 Å². The molecule has 0 saturated carbocycles. The molecule has 1 atom stereocenters. The number of carbonyl (C=O) groups is 2. The van der Waals surface area contributed by atoms with Crippen molar-refractivity contribution in [2.75, 3.05) is 10.6 Å². The topological polar surface area (TPSA) is 58.2 Å². The number of ketones is 1. The van der Waals surface area contributed by atoms with E-state index >= 15 is 0 Å². The van der Waals surface area contributed by atoms with Crippen LogP contribution in [0.25, 0.3) is 0 Å². The zero-order valence-corrected chi connectivity index (χ0v) is 14.8. The predicted octanol–water partition coefficient (Wildman–Crippen LogP) is 4.21. The van der Waals surface area contributed by atoms with Crippen LogP contribution < -0.4 is 10.6 Å². The number of anilines is 2. The van der Waals surface area contributed by atoms with E-state index in [0.29, 0.717) is 11.3 Å². The van der Waals surface area contributed by atoms with Crippen molar-refractivity contribution in [3.63, 3.8) is 0 Å². The second kappa shape index (κ2) is 7.51. The average Bonchev–Trinajstić information content (AvgIpc) is 2.62. The molecule has 1 unspecified atom stereocenters. The van der Waals surface area contributed by atoms with E-state index in [1.54, 1.807) is 24.3 Å². The number of carbonyl (C=O) groups excluding carboxylic acids is 2. The highest BCUT2D eigenvalue weighted by molar-refractivity contribution is 5.98. The van der Waals surface area contributed by atoms with Crippen LogP contribution >= 0.6 is 0 Å². The highest BCUT2D eigenvalue weighted by Gasteiger charge is 2.17. The van der Waals surface area contributed by atoms with Crippen LogP contribution in [0, 0.1) is 0 Å². The maximum Gasteiger partial charge on any atom is 0.246 e. The molecule has 2 aromatic carbocycles. The molecule has 4 nitrogen and oxygen atoms in total. The normalized spacial score (nSPS) is 14.3. The van der Waals surface area contributed by atoms with Gasteiger partial charge in [0.15, 0.2) is 5.78 Å². The van der Waals surface area contributed by atoms with Crippen molar-refractivity contribution in [2.45, 2.75) is 45.6 Å². The number of Topliss-reactive ketones (excluding diaryl/α,β-unsaturated/α-hetero) is 1. The van der Waals surface area contributed by atoms with E-state index in [4.69, 9.17) is 0 Å². The van der Waals surface area contributed by atoms with E-state index < -0.39 is 0 Å². The lowest BCUT2D eigenvalue weighted by Crippen LogP contribution is -2.32. The van der Waals surface area contributed by atoms with Crippen molar-refractivity contribution < 1.29 is 9.59 Å². The molecule has 130 valence electrons. The molecule has 1 aliphatic carbocycles. The number of hydrogen-bond donors (Lipinski definition) is 2. The maximum atomic E-state index is 12.5. The summed E-state index contributed by atoms with van der Waals surface area (Å²) in [4.78, 5) is 23.8. The average molecular weight is 336 g/mol. The number of hydrogen-bond acceptors (Lipinski definition) is 3. The molecule has 0 bridgehead atoms. The molecule has 25 heavy (non-hydrogen) atoms. The number of fused-ring (bicyclic) bond motifs is 1. The maximum absolute atomic E-state index is 12.5. The van der Waals surface area contributed by atoms with E-state index in [1.165, 1.54) is 30.9 Å². The van der Waals surface area contributed by atoms with Crippen LogP contribution in [0.1, 0.15) is 48.2 Å². The van der Waals surface area contributed by atoms with Gasteiger partial charge in [-0.15, -0.1) is 0 Å². The van der Waals surface area contributed by atoms with Crippen molar-refractivity contribution in [1.82, 2.24) is 0 Å². The number of benzene rings is 2. The number of rotatable bonds is 5. The molecular weight excluding hydrogens is 312 g/mol. The summed E-state index contributed by atoms with van der Waals surface area (Å²) in [5.41, 5.74) is 5.13. The molecular formula is C21H24N2O2. The van der Waals surface area contributed by atoms with Gasteiger partial charge >= 0.3 is 0 Å². The number of amides is 1. The fraction of sp³-hybridized carbons (Fsp3) is 0.333. The molecule has 0 aliphatic heterocycles. The van der Waals surface area contributed by atoms with Crippen molar-refractivity contribution in [1.29, 1.82) is 0 Å². The summed E-state index contributed by atoms with van der Waals surface area (Å²) < 4.78 is 0. The van der Waals surface area contributed by atoms with Crippen LogP contribution in [-0.4, -0.2) is 17.7 Å². The molecule has 4 heteroatoms. The van der Waals surface area contributed by atoms with Crippen LogP contribution in [0.2, 0.25) is 0 Å². The van der Waals surface area contributed by atoms with Gasteiger partial charge in [-0.05, 0) is 81.0 Å². The molecule has 0 saturated heterocycles. The summed E-state index contributed by atoms with van der Waals surface area (Å²) in [6, 6.07) is 12.9. The quantitative estimate of drug-likeness (QED) is 0.804. The minimum Gasteiger partial charge on any atom is -0.374 e. The van der Waals surface area contributed by atoms with Gasteiger partial charge in [0.05, 0.1) is 0 Å². The van der Waals surface area contributed by atoms with Crippen molar-refractivity contribution in [3.05, 3.63) is 59.2 Å². The van der Waals surface area contributed by atoms with Gasteiger partial charge in [0.2, 0.25) is 5.91 Å². The third-order valence-corrected chi connectivity index (χ3v) is 4.72. The Morgan fingerprint density at radius 2 is 1.72 bits per heavy atom. The smallest absolute Gasteiger partial charge is 0.246 e. The summed E-state index contributed by atoms with van der Waals surface area (Å²) in [7, 11) is 0. The zero-order chi connectivity index (χ0) is 17.8. The van der Waals surface area contributed by atoms with Crippen LogP contribution in [0.15, 0.2) is 42.5 Å². The van der Waals surface area contributed by atoms with Gasteiger partial charge < -0.3 is 10.6 Å². The summed E-state index contributed by atoms with van der Waals surface area (Å²) in [6.45, 7) is 3.39. The van der Waals surface area contributed by atoms with Gasteiger partial charge in [-0.3, -0.25) is 9.59 Å². The van der Waals surface area contributed by atoms with Gasteiger partial charge in [0.1, 0.15) is 6.04 Å². The Balaban J connectivity index is 1.66. The van der Waals surface area contributed by atoms with Gasteiger partial charge in [-0.1, -0.05) is 12.1 Å². The molecule has 0 fully saturated rings. The van der Waals surface area contributed by atoms with Gasteiger partial charge in [-0.25, -0.2) is 0 Å². The molecule has 2 aromatic rings. The summed E-state index contributed by atoms with van der Waals surface area (Å²) in [5, 5.41) is 6.25. The summed E-state index contributed by atoms with van der Waals surface area (Å²) in [5.74, 6) is -0.0780. The Morgan fingerprint density at radius 3 is 2.44 bits per heavy atom. The molecule has 3 rings (SSSR count). The standard InChI is InChI=1S/C21H24N2O2/c1-14(21(25)23-18-12-10-16(11-13-18)15(2)24)22-20-9-5-7-17-6-3-4-8-19(17)20/h5,7,9-14,22H,3-4,6,8H2,1-2H3,(H,23,25). The van der Waals surface area contributed by atoms with Crippen LogP contribution in [0.5, 0.6) is 0 Å². The summed E-state index contributed by atoms with van der Waals surface area (Å²) in [6.07, 6.45) is 4.63. The second-order valence-corrected chi connectivity index (χ2v) is 6.64. The molecule has 1 amide bonds. The highest BCUT2D eigenvalue weighted by Crippen LogP contribution is 2.28. The molecule has 1 aliphatic rings. The zero-order valence-electron chi connectivity index (χ0n) is 14.8. The minimum absolute atomic E-state index is 0.0155. The first-order valence-corrected chi connectivity index (χ1v) is 8.84. The number of aryl methyl sites for hydroxylation is 1. The highest BCUT2D eigenvalue weighted by atomic mass is 16.2. The fourth-order valence-electron chi connectivity index (χ4n) is 3.25. The molecule has 0 spiro atoms. The molecule has 0 heterocycles. The summed E-state index contributed by atoms with van der Waals surface area (Å²) >= 11 is 0. The first-order chi connectivity index (χ1) is 12.0.